The summed E-state index contributed by atoms with van der Waals surface area (Å²) < 4.78 is 13.5. The van der Waals surface area contributed by atoms with Gasteiger partial charge in [0.1, 0.15) is 0 Å². The van der Waals surface area contributed by atoms with Gasteiger partial charge in [0.05, 0.1) is 19.0 Å². The summed E-state index contributed by atoms with van der Waals surface area (Å²) in [7, 11) is 0. The van der Waals surface area contributed by atoms with Gasteiger partial charge in [-0.1, -0.05) is 11.8 Å². The molecule has 146 valence electrons. The van der Waals surface area contributed by atoms with Gasteiger partial charge in [-0.15, -0.1) is 10.2 Å². The highest BCUT2D eigenvalue weighted by molar-refractivity contribution is 7.99. The summed E-state index contributed by atoms with van der Waals surface area (Å²) in [4.78, 5) is 12.0. The predicted octanol–water partition coefficient (Wildman–Crippen LogP) is 3.30. The minimum absolute atomic E-state index is 0.00886. The largest absolute Gasteiger partial charge is 0.490 e. The monoisotopic (exact) mass is 390 g/mol. The summed E-state index contributed by atoms with van der Waals surface area (Å²) >= 11 is 1.39. The Morgan fingerprint density at radius 1 is 1.19 bits per heavy atom. The molecule has 0 bridgehead atoms. The van der Waals surface area contributed by atoms with Crippen LogP contribution in [0.1, 0.15) is 40.2 Å². The number of hydrogen-bond acceptors (Lipinski definition) is 6. The summed E-state index contributed by atoms with van der Waals surface area (Å²) in [6, 6.07) is 6.11. The average Bonchev–Trinajstić information content (AvgIpc) is 2.90. The Kier molecular flexibility index (Phi) is 6.26. The number of hydrogen-bond donors (Lipinski definition) is 1. The van der Waals surface area contributed by atoms with Crippen LogP contribution in [0.5, 0.6) is 11.5 Å². The van der Waals surface area contributed by atoms with E-state index >= 15 is 0 Å². The van der Waals surface area contributed by atoms with Gasteiger partial charge in [0.2, 0.25) is 5.91 Å². The highest BCUT2D eigenvalue weighted by atomic mass is 32.2. The minimum Gasteiger partial charge on any atom is -0.490 e. The molecule has 2 aromatic rings. The molecule has 1 aliphatic rings. The SMILES string of the molecule is CC(C)NC(=O)CSc1nnc(-c2ccc3c(c2)OCCCO3)n1C(C)C. The smallest absolute Gasteiger partial charge is 0.230 e. The number of amides is 1. The van der Waals surface area contributed by atoms with E-state index in [2.05, 4.69) is 29.4 Å². The highest BCUT2D eigenvalue weighted by Crippen LogP contribution is 2.35. The first-order chi connectivity index (χ1) is 13.0. The Morgan fingerprint density at radius 2 is 1.93 bits per heavy atom. The average molecular weight is 391 g/mol. The molecule has 1 aromatic heterocycles. The molecule has 7 nitrogen and oxygen atoms in total. The number of thioether (sulfide) groups is 1. The maximum atomic E-state index is 12.0. The van der Waals surface area contributed by atoms with E-state index in [9.17, 15) is 4.79 Å². The topological polar surface area (TPSA) is 78.3 Å². The lowest BCUT2D eigenvalue weighted by Gasteiger charge is -2.15. The molecular formula is C19H26N4O3S. The molecule has 0 fully saturated rings. The molecule has 0 aliphatic carbocycles. The number of nitrogens with zero attached hydrogens (tertiary/aromatic N) is 3. The quantitative estimate of drug-likeness (QED) is 0.763. The van der Waals surface area contributed by atoms with Crippen molar-refractivity contribution < 1.29 is 14.3 Å². The van der Waals surface area contributed by atoms with Crippen LogP contribution in [0.2, 0.25) is 0 Å². The van der Waals surface area contributed by atoms with Gasteiger partial charge in [0.25, 0.3) is 0 Å². The van der Waals surface area contributed by atoms with Crippen molar-refractivity contribution >= 4 is 17.7 Å². The van der Waals surface area contributed by atoms with Crippen LogP contribution in [-0.2, 0) is 4.79 Å². The van der Waals surface area contributed by atoms with Crippen LogP contribution < -0.4 is 14.8 Å². The molecule has 1 aromatic carbocycles. The van der Waals surface area contributed by atoms with Gasteiger partial charge in [0, 0.05) is 24.1 Å². The molecule has 2 heterocycles. The van der Waals surface area contributed by atoms with Gasteiger partial charge < -0.3 is 14.8 Å². The van der Waals surface area contributed by atoms with E-state index in [-0.39, 0.29) is 18.0 Å². The first-order valence-electron chi connectivity index (χ1n) is 9.22. The molecule has 3 rings (SSSR count). The molecule has 27 heavy (non-hydrogen) atoms. The van der Waals surface area contributed by atoms with Crippen molar-refractivity contribution in [2.24, 2.45) is 0 Å². The molecule has 1 aliphatic heterocycles. The van der Waals surface area contributed by atoms with Gasteiger partial charge in [-0.05, 0) is 45.9 Å². The van der Waals surface area contributed by atoms with Crippen LogP contribution >= 0.6 is 11.8 Å². The fourth-order valence-corrected chi connectivity index (χ4v) is 3.71. The molecule has 0 saturated carbocycles. The normalized spacial score (nSPS) is 13.7. The Bertz CT molecular complexity index is 804. The molecule has 0 radical (unpaired) electrons. The third kappa shape index (κ3) is 4.74. The second kappa shape index (κ2) is 8.65. The highest BCUT2D eigenvalue weighted by Gasteiger charge is 2.20. The van der Waals surface area contributed by atoms with E-state index in [4.69, 9.17) is 9.47 Å². The maximum absolute atomic E-state index is 12.0. The summed E-state index contributed by atoms with van der Waals surface area (Å²) in [5.74, 6) is 2.54. The second-order valence-electron chi connectivity index (χ2n) is 6.99. The van der Waals surface area contributed by atoms with E-state index in [0.717, 1.165) is 34.5 Å². The van der Waals surface area contributed by atoms with Crippen molar-refractivity contribution in [1.82, 2.24) is 20.1 Å². The van der Waals surface area contributed by atoms with Crippen molar-refractivity contribution in [3.63, 3.8) is 0 Å². The lowest BCUT2D eigenvalue weighted by molar-refractivity contribution is -0.119. The number of carbonyl (C=O) groups is 1. The molecule has 0 spiro atoms. The molecule has 0 unspecified atom stereocenters. The van der Waals surface area contributed by atoms with Crippen molar-refractivity contribution in [3.8, 4) is 22.9 Å². The van der Waals surface area contributed by atoms with Gasteiger partial charge in [-0.3, -0.25) is 9.36 Å². The van der Waals surface area contributed by atoms with E-state index in [1.54, 1.807) is 0 Å². The second-order valence-corrected chi connectivity index (χ2v) is 7.94. The Hall–Kier alpha value is -2.22. The third-order valence-electron chi connectivity index (χ3n) is 3.97. The van der Waals surface area contributed by atoms with E-state index in [1.807, 2.05) is 36.6 Å². The Labute approximate surface area is 163 Å². The third-order valence-corrected chi connectivity index (χ3v) is 4.91. The number of nitrogens with one attached hydrogen (secondary N) is 1. The van der Waals surface area contributed by atoms with Crippen LogP contribution in [-0.4, -0.2) is 45.7 Å². The number of rotatable bonds is 6. The first kappa shape index (κ1) is 19.5. The predicted molar refractivity (Wildman–Crippen MR) is 105 cm³/mol. The van der Waals surface area contributed by atoms with Crippen molar-refractivity contribution in [1.29, 1.82) is 0 Å². The fourth-order valence-electron chi connectivity index (χ4n) is 2.83. The van der Waals surface area contributed by atoms with E-state index in [1.165, 1.54) is 11.8 Å². The molecule has 0 atom stereocenters. The van der Waals surface area contributed by atoms with E-state index < -0.39 is 0 Å². The standard InChI is InChI=1S/C19H26N4O3S/c1-12(2)20-17(24)11-27-19-22-21-18(23(19)13(3)4)14-6-7-15-16(10-14)26-9-5-8-25-15/h6-7,10,12-13H,5,8-9,11H2,1-4H3,(H,20,24). The van der Waals surface area contributed by atoms with E-state index in [0.29, 0.717) is 19.0 Å². The van der Waals surface area contributed by atoms with Crippen LogP contribution in [0.4, 0.5) is 0 Å². The number of benzene rings is 1. The number of fused-ring (bicyclic) bond motifs is 1. The Morgan fingerprint density at radius 3 is 2.63 bits per heavy atom. The van der Waals surface area contributed by atoms with Gasteiger partial charge in [0.15, 0.2) is 22.5 Å². The number of aromatic nitrogens is 3. The summed E-state index contributed by atoms with van der Waals surface area (Å²) in [5, 5.41) is 12.3. The van der Waals surface area contributed by atoms with Crippen LogP contribution in [0.15, 0.2) is 23.4 Å². The summed E-state index contributed by atoms with van der Waals surface area (Å²) in [5.41, 5.74) is 0.916. The van der Waals surface area contributed by atoms with Crippen LogP contribution in [0.3, 0.4) is 0 Å². The van der Waals surface area contributed by atoms with Crippen molar-refractivity contribution in [2.75, 3.05) is 19.0 Å². The molecular weight excluding hydrogens is 364 g/mol. The summed E-state index contributed by atoms with van der Waals surface area (Å²) in [6.07, 6.45) is 0.866. The maximum Gasteiger partial charge on any atom is 0.230 e. The molecule has 1 N–H and O–H groups in total. The molecule has 0 saturated heterocycles. The van der Waals surface area contributed by atoms with Crippen LogP contribution in [0, 0.1) is 0 Å². The number of carbonyl (C=O) groups excluding carboxylic acids is 1. The molecule has 8 heteroatoms. The zero-order chi connectivity index (χ0) is 19.4. The van der Waals surface area contributed by atoms with Gasteiger partial charge >= 0.3 is 0 Å². The van der Waals surface area contributed by atoms with Crippen molar-refractivity contribution in [3.05, 3.63) is 18.2 Å². The van der Waals surface area contributed by atoms with Crippen molar-refractivity contribution in [2.45, 2.75) is 51.4 Å². The number of ether oxygens (including phenoxy) is 2. The zero-order valence-electron chi connectivity index (χ0n) is 16.2. The lowest BCUT2D eigenvalue weighted by atomic mass is 10.2. The Balaban J connectivity index is 1.85. The molecule has 1 amide bonds. The van der Waals surface area contributed by atoms with Gasteiger partial charge in [-0.25, -0.2) is 0 Å². The first-order valence-corrected chi connectivity index (χ1v) is 10.2. The van der Waals surface area contributed by atoms with Gasteiger partial charge in [-0.2, -0.15) is 0 Å². The lowest BCUT2D eigenvalue weighted by Crippen LogP contribution is -2.31. The zero-order valence-corrected chi connectivity index (χ0v) is 17.0. The fraction of sp³-hybridized carbons (Fsp3) is 0.526. The van der Waals surface area contributed by atoms with Crippen LogP contribution in [0.25, 0.3) is 11.4 Å². The summed E-state index contributed by atoms with van der Waals surface area (Å²) in [6.45, 7) is 9.35. The minimum atomic E-state index is -0.00886.